The van der Waals surface area contributed by atoms with Gasteiger partial charge in [-0.25, -0.2) is 9.59 Å². The van der Waals surface area contributed by atoms with Crippen molar-refractivity contribution in [2.75, 3.05) is 13.1 Å². The Hall–Kier alpha value is -3.65. The summed E-state index contributed by atoms with van der Waals surface area (Å²) in [4.78, 5) is 29.9. The molecular weight excluding hydrogens is 364 g/mol. The summed E-state index contributed by atoms with van der Waals surface area (Å²) in [5, 5.41) is 23.4. The third kappa shape index (κ3) is 6.26. The summed E-state index contributed by atoms with van der Waals surface area (Å²) >= 11 is 0. The van der Waals surface area contributed by atoms with E-state index in [0.29, 0.717) is 18.8 Å². The van der Waals surface area contributed by atoms with Crippen molar-refractivity contribution in [3.05, 3.63) is 72.2 Å². The van der Waals surface area contributed by atoms with E-state index in [4.69, 9.17) is 24.2 Å². The molecule has 0 atom stereocenters. The van der Waals surface area contributed by atoms with Crippen LogP contribution < -0.4 is 10.6 Å². The number of carboxylic acid groups (broad SMARTS) is 2. The van der Waals surface area contributed by atoms with E-state index in [2.05, 4.69) is 47.0 Å². The fraction of sp³-hybridized carbons (Fsp3) is 0.150. The number of nitrogens with one attached hydrogen (secondary N) is 2. The van der Waals surface area contributed by atoms with Gasteiger partial charge in [0.1, 0.15) is 0 Å². The Kier molecular flexibility index (Phi) is 7.74. The summed E-state index contributed by atoms with van der Waals surface area (Å²) in [5.74, 6) is -3.49. The Morgan fingerprint density at radius 3 is 2.25 bits per heavy atom. The maximum absolute atomic E-state index is 11.7. The molecule has 1 amide bonds. The molecule has 0 fully saturated rings. The first-order valence-electron chi connectivity index (χ1n) is 8.44. The Balaban J connectivity index is 0.000000409. The maximum atomic E-state index is 11.7. The van der Waals surface area contributed by atoms with Crippen LogP contribution in [0.15, 0.2) is 65.3 Å². The molecule has 0 aliphatic rings. The lowest BCUT2D eigenvalue weighted by molar-refractivity contribution is -0.159. The van der Waals surface area contributed by atoms with E-state index in [1.165, 1.54) is 22.6 Å². The topological polar surface area (TPSA) is 129 Å². The molecule has 0 aliphatic carbocycles. The van der Waals surface area contributed by atoms with E-state index in [0.717, 1.165) is 6.54 Å². The quantitative estimate of drug-likeness (QED) is 0.378. The Morgan fingerprint density at radius 2 is 1.57 bits per heavy atom. The van der Waals surface area contributed by atoms with Crippen LogP contribution in [0.2, 0.25) is 0 Å². The predicted molar refractivity (Wildman–Crippen MR) is 102 cm³/mol. The van der Waals surface area contributed by atoms with E-state index in [9.17, 15) is 4.79 Å². The van der Waals surface area contributed by atoms with Crippen molar-refractivity contribution in [3.63, 3.8) is 0 Å². The van der Waals surface area contributed by atoms with Crippen LogP contribution in [0.1, 0.15) is 16.1 Å². The van der Waals surface area contributed by atoms with Crippen LogP contribution in [0.5, 0.6) is 0 Å². The van der Waals surface area contributed by atoms with Gasteiger partial charge in [-0.2, -0.15) is 0 Å². The molecule has 8 heteroatoms. The van der Waals surface area contributed by atoms with Gasteiger partial charge >= 0.3 is 11.9 Å². The highest BCUT2D eigenvalue weighted by Gasteiger charge is 2.06. The molecule has 4 N–H and O–H groups in total. The number of hydrogen-bond acceptors (Lipinski definition) is 5. The van der Waals surface area contributed by atoms with Crippen molar-refractivity contribution in [3.8, 4) is 0 Å². The van der Waals surface area contributed by atoms with Crippen LogP contribution >= 0.6 is 0 Å². The van der Waals surface area contributed by atoms with Gasteiger partial charge in [-0.05, 0) is 28.5 Å². The molecule has 1 heterocycles. The van der Waals surface area contributed by atoms with Gasteiger partial charge in [-0.15, -0.1) is 0 Å². The number of carboxylic acids is 2. The second-order valence-electron chi connectivity index (χ2n) is 5.66. The summed E-state index contributed by atoms with van der Waals surface area (Å²) in [7, 11) is 0. The summed E-state index contributed by atoms with van der Waals surface area (Å²) in [6.45, 7) is 2.04. The van der Waals surface area contributed by atoms with Crippen LogP contribution in [0.3, 0.4) is 0 Å². The summed E-state index contributed by atoms with van der Waals surface area (Å²) < 4.78 is 5.04. The second-order valence-corrected chi connectivity index (χ2v) is 5.66. The zero-order valence-corrected chi connectivity index (χ0v) is 14.9. The van der Waals surface area contributed by atoms with Crippen molar-refractivity contribution in [1.29, 1.82) is 0 Å². The van der Waals surface area contributed by atoms with Gasteiger partial charge < -0.3 is 25.3 Å². The molecule has 0 saturated carbocycles. The molecule has 0 radical (unpaired) electrons. The summed E-state index contributed by atoms with van der Waals surface area (Å²) in [6, 6.07) is 18.0. The number of furan rings is 1. The molecule has 3 rings (SSSR count). The Labute approximate surface area is 160 Å². The van der Waals surface area contributed by atoms with Crippen molar-refractivity contribution in [2.24, 2.45) is 0 Å². The van der Waals surface area contributed by atoms with Gasteiger partial charge in [0.25, 0.3) is 5.91 Å². The van der Waals surface area contributed by atoms with E-state index in [1.807, 2.05) is 6.07 Å². The van der Waals surface area contributed by atoms with Gasteiger partial charge in [0.05, 0.1) is 6.26 Å². The van der Waals surface area contributed by atoms with Crippen molar-refractivity contribution in [2.45, 2.75) is 6.54 Å². The largest absolute Gasteiger partial charge is 0.473 e. The third-order valence-corrected chi connectivity index (χ3v) is 3.71. The lowest BCUT2D eigenvalue weighted by Crippen LogP contribution is -2.31. The highest BCUT2D eigenvalue weighted by molar-refractivity contribution is 6.27. The van der Waals surface area contributed by atoms with Crippen molar-refractivity contribution < 1.29 is 29.0 Å². The lowest BCUT2D eigenvalue weighted by atomic mass is 10.0. The summed E-state index contributed by atoms with van der Waals surface area (Å²) in [5.41, 5.74) is 1.26. The average Bonchev–Trinajstić information content (AvgIpc) is 3.23. The number of carbonyl (C=O) groups is 3. The van der Waals surface area contributed by atoms with E-state index >= 15 is 0 Å². The first kappa shape index (κ1) is 20.7. The molecule has 146 valence electrons. The molecule has 0 saturated heterocycles. The first-order valence-corrected chi connectivity index (χ1v) is 8.44. The SMILES string of the molecule is O=C(NCCNCc1cccc2ccccc12)c1ccco1.O=C(O)C(=O)O. The lowest BCUT2D eigenvalue weighted by Gasteiger charge is -2.08. The van der Waals surface area contributed by atoms with Crippen LogP contribution in [0.25, 0.3) is 10.8 Å². The number of benzene rings is 2. The fourth-order valence-electron chi connectivity index (χ4n) is 2.43. The average molecular weight is 384 g/mol. The fourth-order valence-corrected chi connectivity index (χ4v) is 2.43. The molecule has 0 aliphatic heterocycles. The van der Waals surface area contributed by atoms with E-state index in [-0.39, 0.29) is 5.91 Å². The van der Waals surface area contributed by atoms with Gasteiger partial charge in [-0.3, -0.25) is 4.79 Å². The number of hydrogen-bond donors (Lipinski definition) is 4. The number of fused-ring (bicyclic) bond motifs is 1. The standard InChI is InChI=1S/C18H18N2O2.C2H2O4/c21-18(17-9-4-12-22-17)20-11-10-19-13-15-7-3-6-14-5-1-2-8-16(14)15;3-1(4)2(5)6/h1-9,12,19H,10-11,13H2,(H,20,21);(H,3,4)(H,5,6). The zero-order chi connectivity index (χ0) is 20.4. The highest BCUT2D eigenvalue weighted by Crippen LogP contribution is 2.17. The van der Waals surface area contributed by atoms with Crippen molar-refractivity contribution in [1.82, 2.24) is 10.6 Å². The zero-order valence-electron chi connectivity index (χ0n) is 14.9. The van der Waals surface area contributed by atoms with Crippen LogP contribution in [-0.2, 0) is 16.1 Å². The maximum Gasteiger partial charge on any atom is 0.414 e. The van der Waals surface area contributed by atoms with Crippen LogP contribution in [-0.4, -0.2) is 41.1 Å². The highest BCUT2D eigenvalue weighted by atomic mass is 16.4. The minimum atomic E-state index is -1.82. The van der Waals surface area contributed by atoms with Crippen LogP contribution in [0, 0.1) is 0 Å². The van der Waals surface area contributed by atoms with Gasteiger partial charge in [0.2, 0.25) is 0 Å². The first-order chi connectivity index (χ1) is 13.5. The second kappa shape index (κ2) is 10.5. The molecule has 0 bridgehead atoms. The minimum absolute atomic E-state index is 0.183. The van der Waals surface area contributed by atoms with Gasteiger partial charge in [-0.1, -0.05) is 42.5 Å². The van der Waals surface area contributed by atoms with E-state index in [1.54, 1.807) is 12.1 Å². The monoisotopic (exact) mass is 384 g/mol. The Morgan fingerprint density at radius 1 is 0.857 bits per heavy atom. The Bertz CT molecular complexity index is 920. The van der Waals surface area contributed by atoms with Gasteiger partial charge in [0.15, 0.2) is 5.76 Å². The number of amides is 1. The molecule has 1 aromatic heterocycles. The smallest absolute Gasteiger partial charge is 0.414 e. The number of rotatable bonds is 6. The molecule has 0 spiro atoms. The van der Waals surface area contributed by atoms with E-state index < -0.39 is 11.9 Å². The third-order valence-electron chi connectivity index (χ3n) is 3.71. The molecule has 0 unspecified atom stereocenters. The van der Waals surface area contributed by atoms with Crippen LogP contribution in [0.4, 0.5) is 0 Å². The molecule has 28 heavy (non-hydrogen) atoms. The molecule has 8 nitrogen and oxygen atoms in total. The summed E-state index contributed by atoms with van der Waals surface area (Å²) in [6.07, 6.45) is 1.49. The van der Waals surface area contributed by atoms with Crippen molar-refractivity contribution >= 4 is 28.6 Å². The normalized spacial score (nSPS) is 10.0. The minimum Gasteiger partial charge on any atom is -0.473 e. The molecule has 3 aromatic rings. The van der Waals surface area contributed by atoms with Gasteiger partial charge in [0, 0.05) is 19.6 Å². The predicted octanol–water partition coefficient (Wildman–Crippen LogP) is 2.11. The molecular formula is C20H20N2O6. The number of aliphatic carboxylic acids is 2. The molecule has 2 aromatic carbocycles. The number of carbonyl (C=O) groups excluding carboxylic acids is 1.